The van der Waals surface area contributed by atoms with Crippen molar-refractivity contribution in [3.8, 4) is 5.75 Å². The van der Waals surface area contributed by atoms with E-state index in [1.165, 1.54) is 25.1 Å². The number of hydrogen-bond acceptors (Lipinski definition) is 4. The van der Waals surface area contributed by atoms with Crippen molar-refractivity contribution in [2.75, 3.05) is 42.9 Å². The lowest BCUT2D eigenvalue weighted by Crippen LogP contribution is -2.47. The number of carbonyl (C=O) groups is 1. The van der Waals surface area contributed by atoms with Crippen LogP contribution in [0.1, 0.15) is 19.8 Å². The van der Waals surface area contributed by atoms with Crippen LogP contribution in [0, 0.1) is 5.92 Å². The Labute approximate surface area is 167 Å². The molecule has 1 N–H and O–H groups in total. The molecule has 1 saturated carbocycles. The summed E-state index contributed by atoms with van der Waals surface area (Å²) in [6.07, 6.45) is 2.26. The Morgan fingerprint density at radius 3 is 2.54 bits per heavy atom. The van der Waals surface area contributed by atoms with Crippen LogP contribution in [0.15, 0.2) is 54.6 Å². The normalized spacial score (nSPS) is 18.5. The first-order chi connectivity index (χ1) is 13.7. The molecule has 1 aliphatic heterocycles. The first-order valence-electron chi connectivity index (χ1n) is 10.3. The second-order valence-corrected chi connectivity index (χ2v) is 7.84. The monoisotopic (exact) mass is 379 g/mol. The number of nitrogens with zero attached hydrogens (tertiary/aromatic N) is 2. The van der Waals surface area contributed by atoms with Gasteiger partial charge in [-0.2, -0.15) is 0 Å². The third-order valence-corrected chi connectivity index (χ3v) is 5.49. The lowest BCUT2D eigenvalue weighted by Gasteiger charge is -2.36. The van der Waals surface area contributed by atoms with Gasteiger partial charge < -0.3 is 15.0 Å². The van der Waals surface area contributed by atoms with Crippen molar-refractivity contribution >= 4 is 17.3 Å². The fraction of sp³-hybridized carbons (Fsp3) is 0.435. The van der Waals surface area contributed by atoms with Gasteiger partial charge in [-0.25, -0.2) is 0 Å². The molecule has 2 aromatic rings. The number of carbonyl (C=O) groups excluding carboxylic acids is 1. The Morgan fingerprint density at radius 2 is 1.82 bits per heavy atom. The van der Waals surface area contributed by atoms with E-state index in [2.05, 4.69) is 27.2 Å². The Kier molecular flexibility index (Phi) is 5.81. The van der Waals surface area contributed by atoms with Crippen molar-refractivity contribution in [2.45, 2.75) is 25.9 Å². The molecule has 5 heteroatoms. The van der Waals surface area contributed by atoms with E-state index in [-0.39, 0.29) is 5.91 Å². The molecule has 1 aliphatic carbocycles. The van der Waals surface area contributed by atoms with Gasteiger partial charge in [-0.05, 0) is 56.0 Å². The van der Waals surface area contributed by atoms with Gasteiger partial charge in [0, 0.05) is 44.1 Å². The largest absolute Gasteiger partial charge is 0.481 e. The van der Waals surface area contributed by atoms with Crippen molar-refractivity contribution in [2.24, 2.45) is 5.92 Å². The van der Waals surface area contributed by atoms with Crippen LogP contribution >= 0.6 is 0 Å². The average Bonchev–Trinajstić information content (AvgIpc) is 3.53. The Bertz CT molecular complexity index is 783. The predicted octanol–water partition coefficient (Wildman–Crippen LogP) is 3.62. The van der Waals surface area contributed by atoms with Crippen LogP contribution in [0.5, 0.6) is 5.75 Å². The fourth-order valence-electron chi connectivity index (χ4n) is 3.64. The highest BCUT2D eigenvalue weighted by atomic mass is 16.5. The van der Waals surface area contributed by atoms with Crippen LogP contribution in [0.2, 0.25) is 0 Å². The lowest BCUT2D eigenvalue weighted by atomic mass is 10.2. The lowest BCUT2D eigenvalue weighted by molar-refractivity contribution is -0.122. The number of nitrogens with one attached hydrogen (secondary N) is 1. The third kappa shape index (κ3) is 5.04. The molecule has 1 saturated heterocycles. The second-order valence-electron chi connectivity index (χ2n) is 7.84. The topological polar surface area (TPSA) is 44.8 Å². The van der Waals surface area contributed by atoms with Crippen molar-refractivity contribution < 1.29 is 9.53 Å². The summed E-state index contributed by atoms with van der Waals surface area (Å²) < 4.78 is 5.72. The molecule has 1 heterocycles. The molecule has 4 rings (SSSR count). The summed E-state index contributed by atoms with van der Waals surface area (Å²) in [4.78, 5) is 17.5. The van der Waals surface area contributed by atoms with Crippen molar-refractivity contribution in [3.05, 3.63) is 54.6 Å². The third-order valence-electron chi connectivity index (χ3n) is 5.49. The second kappa shape index (κ2) is 8.65. The number of rotatable bonds is 7. The van der Waals surface area contributed by atoms with Crippen LogP contribution in [0.4, 0.5) is 11.4 Å². The SMILES string of the molecule is CC(Oc1ccccc1)C(=O)Nc1cccc(N2CCN(CC3CC3)CC2)c1. The van der Waals surface area contributed by atoms with E-state index >= 15 is 0 Å². The zero-order valence-corrected chi connectivity index (χ0v) is 16.5. The zero-order valence-electron chi connectivity index (χ0n) is 16.5. The molecule has 28 heavy (non-hydrogen) atoms. The molecule has 5 nitrogen and oxygen atoms in total. The molecule has 148 valence electrons. The first-order valence-corrected chi connectivity index (χ1v) is 10.3. The molecule has 2 aromatic carbocycles. The van der Waals surface area contributed by atoms with Gasteiger partial charge in [0.2, 0.25) is 0 Å². The van der Waals surface area contributed by atoms with Crippen LogP contribution in [-0.4, -0.2) is 49.6 Å². The minimum atomic E-state index is -0.558. The molecule has 0 aromatic heterocycles. The van der Waals surface area contributed by atoms with Crippen molar-refractivity contribution in [3.63, 3.8) is 0 Å². The van der Waals surface area contributed by atoms with Gasteiger partial charge in [0.1, 0.15) is 5.75 Å². The zero-order chi connectivity index (χ0) is 19.3. The van der Waals surface area contributed by atoms with Crippen LogP contribution in [0.3, 0.4) is 0 Å². The number of ether oxygens (including phenoxy) is 1. The van der Waals surface area contributed by atoms with Gasteiger partial charge in [0.25, 0.3) is 5.91 Å². The maximum absolute atomic E-state index is 12.5. The molecule has 0 radical (unpaired) electrons. The minimum Gasteiger partial charge on any atom is -0.481 e. The summed E-state index contributed by atoms with van der Waals surface area (Å²) >= 11 is 0. The molecule has 1 unspecified atom stereocenters. The van der Waals surface area contributed by atoms with Crippen molar-refractivity contribution in [1.29, 1.82) is 0 Å². The van der Waals surface area contributed by atoms with Gasteiger partial charge >= 0.3 is 0 Å². The van der Waals surface area contributed by atoms with E-state index in [9.17, 15) is 4.79 Å². The molecule has 1 amide bonds. The molecule has 2 aliphatic rings. The summed E-state index contributed by atoms with van der Waals surface area (Å²) in [5, 5.41) is 2.98. The highest BCUT2D eigenvalue weighted by Gasteiger charge is 2.26. The number of amides is 1. The van der Waals surface area contributed by atoms with Crippen LogP contribution < -0.4 is 15.0 Å². The minimum absolute atomic E-state index is 0.143. The first kappa shape index (κ1) is 18.8. The highest BCUT2D eigenvalue weighted by molar-refractivity contribution is 5.94. The smallest absolute Gasteiger partial charge is 0.265 e. The maximum atomic E-state index is 12.5. The van der Waals surface area contributed by atoms with E-state index in [1.807, 2.05) is 42.5 Å². The number of benzene rings is 2. The van der Waals surface area contributed by atoms with Crippen LogP contribution in [-0.2, 0) is 4.79 Å². The Hall–Kier alpha value is -2.53. The van der Waals surface area contributed by atoms with E-state index in [0.717, 1.165) is 37.8 Å². The fourth-order valence-corrected chi connectivity index (χ4v) is 3.64. The number of anilines is 2. The van der Waals surface area contributed by atoms with Crippen molar-refractivity contribution in [1.82, 2.24) is 4.90 Å². The van der Waals surface area contributed by atoms with Gasteiger partial charge in [-0.3, -0.25) is 9.69 Å². The molecular formula is C23H29N3O2. The van der Waals surface area contributed by atoms with E-state index in [4.69, 9.17) is 4.74 Å². The number of para-hydroxylation sites is 1. The predicted molar refractivity (Wildman–Crippen MR) is 113 cm³/mol. The Balaban J connectivity index is 1.31. The van der Waals surface area contributed by atoms with E-state index < -0.39 is 6.10 Å². The summed E-state index contributed by atoms with van der Waals surface area (Å²) in [5.41, 5.74) is 1.98. The molecule has 0 spiro atoms. The van der Waals surface area contributed by atoms with E-state index in [0.29, 0.717) is 5.75 Å². The summed E-state index contributed by atoms with van der Waals surface area (Å²) in [6.45, 7) is 7.36. The molecular weight excluding hydrogens is 350 g/mol. The molecule has 2 fully saturated rings. The summed E-state index contributed by atoms with van der Waals surface area (Å²) in [5.74, 6) is 1.50. The summed E-state index contributed by atoms with van der Waals surface area (Å²) in [7, 11) is 0. The van der Waals surface area contributed by atoms with Gasteiger partial charge in [0.15, 0.2) is 6.10 Å². The molecule has 1 atom stereocenters. The van der Waals surface area contributed by atoms with E-state index in [1.54, 1.807) is 6.92 Å². The van der Waals surface area contributed by atoms with Gasteiger partial charge in [-0.1, -0.05) is 24.3 Å². The number of piperazine rings is 1. The average molecular weight is 380 g/mol. The quantitative estimate of drug-likeness (QED) is 0.798. The molecule has 0 bridgehead atoms. The standard InChI is InChI=1S/C23H29N3O2/c1-18(28-22-8-3-2-4-9-22)23(27)24-20-6-5-7-21(16-20)26-14-12-25(13-15-26)17-19-10-11-19/h2-9,16,18-19H,10-15,17H2,1H3,(H,24,27). The van der Waals surface area contributed by atoms with Gasteiger partial charge in [0.05, 0.1) is 0 Å². The van der Waals surface area contributed by atoms with Crippen LogP contribution in [0.25, 0.3) is 0 Å². The van der Waals surface area contributed by atoms with Gasteiger partial charge in [-0.15, -0.1) is 0 Å². The summed E-state index contributed by atoms with van der Waals surface area (Å²) in [6, 6.07) is 17.5. The Morgan fingerprint density at radius 1 is 1.07 bits per heavy atom. The highest BCUT2D eigenvalue weighted by Crippen LogP contribution is 2.30. The maximum Gasteiger partial charge on any atom is 0.265 e. The number of hydrogen-bond donors (Lipinski definition) is 1.